The van der Waals surface area contributed by atoms with Gasteiger partial charge in [-0.15, -0.1) is 0 Å². The van der Waals surface area contributed by atoms with Gasteiger partial charge in [-0.05, 0) is 53.6 Å². The molecule has 3 aromatic carbocycles. The predicted octanol–water partition coefficient (Wildman–Crippen LogP) is 4.82. The quantitative estimate of drug-likeness (QED) is 0.416. The van der Waals surface area contributed by atoms with E-state index in [1.54, 1.807) is 30.3 Å². The molecule has 0 aromatic heterocycles. The number of hydrogen-bond acceptors (Lipinski definition) is 4. The number of carboxylic acid groups (broad SMARTS) is 1. The number of aromatic carboxylic acids is 1. The van der Waals surface area contributed by atoms with Gasteiger partial charge < -0.3 is 15.5 Å². The van der Waals surface area contributed by atoms with E-state index in [2.05, 4.69) is 5.32 Å². The first-order valence-corrected chi connectivity index (χ1v) is 10.1. The molecule has 0 radical (unpaired) electrons. The summed E-state index contributed by atoms with van der Waals surface area (Å²) >= 11 is 0. The molecule has 5 rings (SSSR count). The molecular formula is C25H19NO5. The Morgan fingerprint density at radius 1 is 0.903 bits per heavy atom. The van der Waals surface area contributed by atoms with Crippen molar-refractivity contribution in [3.8, 4) is 16.9 Å². The van der Waals surface area contributed by atoms with Crippen molar-refractivity contribution in [2.45, 2.75) is 25.2 Å². The van der Waals surface area contributed by atoms with Gasteiger partial charge >= 0.3 is 5.97 Å². The fourth-order valence-corrected chi connectivity index (χ4v) is 4.40. The van der Waals surface area contributed by atoms with Crippen LogP contribution in [0, 0.1) is 0 Å². The molecule has 0 spiro atoms. The van der Waals surface area contributed by atoms with E-state index in [9.17, 15) is 24.6 Å². The highest BCUT2D eigenvalue weighted by Gasteiger charge is 2.31. The first kappa shape index (κ1) is 19.1. The average Bonchev–Trinajstić information content (AvgIpc) is 3.01. The van der Waals surface area contributed by atoms with Crippen molar-refractivity contribution in [2.75, 3.05) is 5.32 Å². The summed E-state index contributed by atoms with van der Waals surface area (Å²) in [6.45, 7) is 0. The van der Waals surface area contributed by atoms with Crippen molar-refractivity contribution in [3.05, 3.63) is 82.4 Å². The second-order valence-corrected chi connectivity index (χ2v) is 7.95. The van der Waals surface area contributed by atoms with Crippen molar-refractivity contribution in [1.29, 1.82) is 0 Å². The third-order valence-electron chi connectivity index (χ3n) is 6.19. The summed E-state index contributed by atoms with van der Waals surface area (Å²) in [6.07, 6.45) is 2.78. The molecule has 0 atom stereocenters. The fraction of sp³-hybridized carbons (Fsp3) is 0.160. The zero-order valence-corrected chi connectivity index (χ0v) is 16.5. The molecule has 0 bridgehead atoms. The minimum atomic E-state index is -1.11. The molecule has 31 heavy (non-hydrogen) atoms. The van der Waals surface area contributed by atoms with Crippen LogP contribution in [0.5, 0.6) is 5.75 Å². The number of phenols is 1. The van der Waals surface area contributed by atoms with E-state index >= 15 is 0 Å². The second kappa shape index (κ2) is 7.09. The maximum atomic E-state index is 13.1. The number of anilines is 1. The molecule has 0 aliphatic heterocycles. The number of nitrogens with one attached hydrogen (secondary N) is 1. The molecule has 0 unspecified atom stereocenters. The Bertz CT molecular complexity index is 1270. The van der Waals surface area contributed by atoms with Gasteiger partial charge in [0.2, 0.25) is 0 Å². The minimum absolute atomic E-state index is 0.00559. The Morgan fingerprint density at radius 3 is 2.29 bits per heavy atom. The highest BCUT2D eigenvalue weighted by molar-refractivity contribution is 6.26. The zero-order valence-electron chi connectivity index (χ0n) is 16.5. The molecule has 0 heterocycles. The number of carboxylic acids is 1. The highest BCUT2D eigenvalue weighted by Crippen LogP contribution is 2.42. The molecule has 3 N–H and O–H groups in total. The van der Waals surface area contributed by atoms with Crippen LogP contribution in [0.15, 0.2) is 54.6 Å². The summed E-state index contributed by atoms with van der Waals surface area (Å²) in [5.74, 6) is -2.01. The van der Waals surface area contributed by atoms with Crippen LogP contribution in [0.2, 0.25) is 0 Å². The van der Waals surface area contributed by atoms with Crippen LogP contribution in [0.4, 0.5) is 5.69 Å². The van der Waals surface area contributed by atoms with Crippen molar-refractivity contribution in [2.24, 2.45) is 0 Å². The summed E-state index contributed by atoms with van der Waals surface area (Å²) in [6, 6.07) is 14.9. The first-order chi connectivity index (χ1) is 15.0. The average molecular weight is 413 g/mol. The number of phenolic OH excluding ortho intramolecular Hbond substituents is 1. The molecule has 0 saturated heterocycles. The molecule has 3 aromatic rings. The third-order valence-corrected chi connectivity index (χ3v) is 6.19. The third kappa shape index (κ3) is 2.99. The maximum absolute atomic E-state index is 13.1. The monoisotopic (exact) mass is 413 g/mol. The SMILES string of the molecule is O=C(O)c1cc(NC(=O)c2cccc3c2C(=O)c2ccccc2-3)c(O)cc1C1CCC1. The van der Waals surface area contributed by atoms with E-state index < -0.39 is 11.9 Å². The van der Waals surface area contributed by atoms with Gasteiger partial charge in [-0.25, -0.2) is 4.79 Å². The van der Waals surface area contributed by atoms with Crippen molar-refractivity contribution in [1.82, 2.24) is 0 Å². The van der Waals surface area contributed by atoms with Crippen molar-refractivity contribution >= 4 is 23.3 Å². The topological polar surface area (TPSA) is 104 Å². The van der Waals surface area contributed by atoms with Crippen LogP contribution in [0.1, 0.15) is 67.4 Å². The lowest BCUT2D eigenvalue weighted by Crippen LogP contribution is -2.18. The maximum Gasteiger partial charge on any atom is 0.336 e. The number of hydrogen-bond donors (Lipinski definition) is 3. The lowest BCUT2D eigenvalue weighted by molar-refractivity contribution is 0.0693. The molecule has 1 amide bonds. The van der Waals surface area contributed by atoms with Crippen LogP contribution in [-0.4, -0.2) is 27.9 Å². The van der Waals surface area contributed by atoms with Crippen molar-refractivity contribution in [3.63, 3.8) is 0 Å². The largest absolute Gasteiger partial charge is 0.506 e. The van der Waals surface area contributed by atoms with Crippen LogP contribution in [0.25, 0.3) is 11.1 Å². The number of carbonyl (C=O) groups excluding carboxylic acids is 2. The highest BCUT2D eigenvalue weighted by atomic mass is 16.4. The van der Waals surface area contributed by atoms with Crippen LogP contribution in [0.3, 0.4) is 0 Å². The molecule has 1 saturated carbocycles. The summed E-state index contributed by atoms with van der Waals surface area (Å²) in [7, 11) is 0. The van der Waals surface area contributed by atoms with Gasteiger partial charge in [-0.3, -0.25) is 9.59 Å². The lowest BCUT2D eigenvalue weighted by Gasteiger charge is -2.27. The van der Waals surface area contributed by atoms with E-state index in [0.29, 0.717) is 22.3 Å². The van der Waals surface area contributed by atoms with E-state index in [1.165, 1.54) is 12.1 Å². The van der Waals surface area contributed by atoms with E-state index in [0.717, 1.165) is 24.8 Å². The second-order valence-electron chi connectivity index (χ2n) is 7.95. The number of aromatic hydroxyl groups is 1. The summed E-state index contributed by atoms with van der Waals surface area (Å²) in [4.78, 5) is 37.8. The normalized spacial score (nSPS) is 14.5. The number of rotatable bonds is 4. The van der Waals surface area contributed by atoms with Gasteiger partial charge in [0, 0.05) is 11.1 Å². The predicted molar refractivity (Wildman–Crippen MR) is 115 cm³/mol. The molecule has 2 aliphatic carbocycles. The molecule has 2 aliphatic rings. The minimum Gasteiger partial charge on any atom is -0.506 e. The van der Waals surface area contributed by atoms with Crippen LogP contribution in [-0.2, 0) is 0 Å². The zero-order chi connectivity index (χ0) is 21.7. The molecular weight excluding hydrogens is 394 g/mol. The number of ketones is 1. The van der Waals surface area contributed by atoms with Gasteiger partial charge in [0.15, 0.2) is 5.78 Å². The Morgan fingerprint density at radius 2 is 1.61 bits per heavy atom. The lowest BCUT2D eigenvalue weighted by atomic mass is 9.78. The van der Waals surface area contributed by atoms with Gasteiger partial charge in [0.05, 0.1) is 16.8 Å². The Balaban J connectivity index is 1.52. The smallest absolute Gasteiger partial charge is 0.336 e. The Kier molecular flexibility index (Phi) is 4.36. The van der Waals surface area contributed by atoms with Crippen LogP contribution >= 0.6 is 0 Å². The Hall–Kier alpha value is -3.93. The fourth-order valence-electron chi connectivity index (χ4n) is 4.40. The van der Waals surface area contributed by atoms with E-state index in [1.807, 2.05) is 12.1 Å². The first-order valence-electron chi connectivity index (χ1n) is 10.1. The van der Waals surface area contributed by atoms with E-state index in [4.69, 9.17) is 0 Å². The number of fused-ring (bicyclic) bond motifs is 3. The standard InChI is InChI=1S/C25H19NO5/c27-21-12-18(13-5-3-6-13)19(25(30)31)11-20(21)26-24(29)17-10-4-9-15-14-7-1-2-8-16(14)23(28)22(15)17/h1-2,4,7-13,27H,3,5-6H2,(H,26,29)(H,30,31). The van der Waals surface area contributed by atoms with Gasteiger partial charge in [0.1, 0.15) is 5.75 Å². The summed E-state index contributed by atoms with van der Waals surface area (Å²) in [5.41, 5.74) is 3.15. The summed E-state index contributed by atoms with van der Waals surface area (Å²) < 4.78 is 0. The van der Waals surface area contributed by atoms with Gasteiger partial charge in [-0.2, -0.15) is 0 Å². The number of carbonyl (C=O) groups is 3. The van der Waals surface area contributed by atoms with E-state index in [-0.39, 0.29) is 34.3 Å². The van der Waals surface area contributed by atoms with Gasteiger partial charge in [-0.1, -0.05) is 42.8 Å². The molecule has 154 valence electrons. The Labute approximate surface area is 178 Å². The van der Waals surface area contributed by atoms with Crippen LogP contribution < -0.4 is 5.32 Å². The molecule has 6 nitrogen and oxygen atoms in total. The molecule has 6 heteroatoms. The molecule has 1 fully saturated rings. The summed E-state index contributed by atoms with van der Waals surface area (Å²) in [5, 5.41) is 22.7. The van der Waals surface area contributed by atoms with Crippen molar-refractivity contribution < 1.29 is 24.6 Å². The van der Waals surface area contributed by atoms with Gasteiger partial charge in [0.25, 0.3) is 5.91 Å². The number of amides is 1. The number of benzene rings is 3.